The number of hydrogen-bond donors (Lipinski definition) is 3. The van der Waals surface area contributed by atoms with Gasteiger partial charge in [0.05, 0.1) is 0 Å². The Balaban J connectivity index is 3.09. The molecule has 0 atom stereocenters. The fraction of sp³-hybridized carbons (Fsp3) is 0.333. The molecular formula is C9H11BrFNO2. The average molecular weight is 264 g/mol. The maximum atomic E-state index is 13.4. The minimum atomic E-state index is -0.787. The summed E-state index contributed by atoms with van der Waals surface area (Å²) in [7, 11) is 0. The van der Waals surface area contributed by atoms with Gasteiger partial charge in [0, 0.05) is 10.0 Å². The lowest BCUT2D eigenvalue weighted by Gasteiger charge is -2.08. The number of nitrogens with two attached hydrogens (primary N) is 1. The summed E-state index contributed by atoms with van der Waals surface area (Å²) in [6, 6.07) is 1.27. The number of aromatic hydroxyl groups is 2. The second-order valence-electron chi connectivity index (χ2n) is 2.91. The van der Waals surface area contributed by atoms with Crippen LogP contribution in [-0.4, -0.2) is 16.8 Å². The number of hydrogen-bond acceptors (Lipinski definition) is 3. The van der Waals surface area contributed by atoms with E-state index >= 15 is 0 Å². The summed E-state index contributed by atoms with van der Waals surface area (Å²) >= 11 is 3.11. The van der Waals surface area contributed by atoms with Crippen LogP contribution in [-0.2, 0) is 6.42 Å². The van der Waals surface area contributed by atoms with Crippen LogP contribution in [0, 0.1) is 5.82 Å². The molecule has 1 aromatic carbocycles. The van der Waals surface area contributed by atoms with Crippen molar-refractivity contribution in [1.82, 2.24) is 0 Å². The molecule has 0 amide bonds. The standard InChI is InChI=1S/C9H11BrFNO2/c10-6-4-7(13)9(14)8(11)5(6)2-1-3-12/h4,13-14H,1-3,12H2. The molecule has 0 radical (unpaired) electrons. The van der Waals surface area contributed by atoms with Gasteiger partial charge in [0.15, 0.2) is 17.3 Å². The van der Waals surface area contributed by atoms with E-state index in [4.69, 9.17) is 15.9 Å². The molecule has 0 aliphatic rings. The van der Waals surface area contributed by atoms with Crippen LogP contribution in [0.3, 0.4) is 0 Å². The highest BCUT2D eigenvalue weighted by molar-refractivity contribution is 9.10. The molecule has 0 aliphatic carbocycles. The number of phenols is 2. The van der Waals surface area contributed by atoms with Crippen molar-refractivity contribution in [3.05, 3.63) is 21.9 Å². The molecule has 0 spiro atoms. The van der Waals surface area contributed by atoms with E-state index in [0.29, 0.717) is 29.4 Å². The van der Waals surface area contributed by atoms with Crippen LogP contribution < -0.4 is 5.73 Å². The van der Waals surface area contributed by atoms with Crippen LogP contribution in [0.15, 0.2) is 10.5 Å². The Hall–Kier alpha value is -0.810. The monoisotopic (exact) mass is 263 g/mol. The predicted molar refractivity (Wildman–Crippen MR) is 54.8 cm³/mol. The largest absolute Gasteiger partial charge is 0.504 e. The first-order valence-electron chi connectivity index (χ1n) is 4.16. The van der Waals surface area contributed by atoms with Gasteiger partial charge in [0.2, 0.25) is 0 Å². The van der Waals surface area contributed by atoms with E-state index in [9.17, 15) is 4.39 Å². The molecule has 0 unspecified atom stereocenters. The molecule has 5 heteroatoms. The van der Waals surface area contributed by atoms with E-state index in [1.54, 1.807) is 0 Å². The molecule has 3 nitrogen and oxygen atoms in total. The van der Waals surface area contributed by atoms with E-state index in [1.807, 2.05) is 0 Å². The highest BCUT2D eigenvalue weighted by Crippen LogP contribution is 2.35. The predicted octanol–water partition coefficient (Wildman–Crippen LogP) is 1.89. The quantitative estimate of drug-likeness (QED) is 0.730. The van der Waals surface area contributed by atoms with Gasteiger partial charge in [0.25, 0.3) is 0 Å². The molecule has 0 aromatic heterocycles. The van der Waals surface area contributed by atoms with Gasteiger partial charge in [-0.3, -0.25) is 0 Å². The van der Waals surface area contributed by atoms with Gasteiger partial charge in [-0.1, -0.05) is 15.9 Å². The third-order valence-electron chi connectivity index (χ3n) is 1.90. The summed E-state index contributed by atoms with van der Waals surface area (Å²) in [4.78, 5) is 0. The Morgan fingerprint density at radius 2 is 2.07 bits per heavy atom. The summed E-state index contributed by atoms with van der Waals surface area (Å²) in [6.07, 6.45) is 1.05. The minimum absolute atomic E-state index is 0.339. The molecule has 0 heterocycles. The zero-order chi connectivity index (χ0) is 10.7. The highest BCUT2D eigenvalue weighted by atomic mass is 79.9. The minimum Gasteiger partial charge on any atom is -0.504 e. The van der Waals surface area contributed by atoms with E-state index in [1.165, 1.54) is 6.07 Å². The van der Waals surface area contributed by atoms with Gasteiger partial charge in [0.1, 0.15) is 0 Å². The van der Waals surface area contributed by atoms with Gasteiger partial charge >= 0.3 is 0 Å². The third kappa shape index (κ3) is 2.16. The van der Waals surface area contributed by atoms with Crippen LogP contribution in [0.4, 0.5) is 4.39 Å². The van der Waals surface area contributed by atoms with Crippen molar-refractivity contribution < 1.29 is 14.6 Å². The lowest BCUT2D eigenvalue weighted by Crippen LogP contribution is -2.02. The summed E-state index contributed by atoms with van der Waals surface area (Å²) in [5.74, 6) is -1.96. The normalized spacial score (nSPS) is 10.5. The Morgan fingerprint density at radius 3 is 2.64 bits per heavy atom. The molecule has 1 rings (SSSR count). The first kappa shape index (κ1) is 11.3. The van der Waals surface area contributed by atoms with E-state index in [2.05, 4.69) is 15.9 Å². The smallest absolute Gasteiger partial charge is 0.194 e. The molecule has 0 saturated heterocycles. The molecule has 78 valence electrons. The number of phenolic OH excluding ortho intramolecular Hbond substituents is 2. The van der Waals surface area contributed by atoms with Crippen molar-refractivity contribution in [2.75, 3.05) is 6.54 Å². The fourth-order valence-electron chi connectivity index (χ4n) is 1.14. The molecule has 0 bridgehead atoms. The Labute approximate surface area is 89.5 Å². The SMILES string of the molecule is NCCCc1c(Br)cc(O)c(O)c1F. The van der Waals surface area contributed by atoms with Crippen LogP contribution >= 0.6 is 15.9 Å². The maximum absolute atomic E-state index is 13.4. The van der Waals surface area contributed by atoms with Gasteiger partial charge in [-0.2, -0.15) is 0 Å². The Morgan fingerprint density at radius 1 is 1.43 bits per heavy atom. The van der Waals surface area contributed by atoms with Crippen LogP contribution in [0.5, 0.6) is 11.5 Å². The zero-order valence-corrected chi connectivity index (χ0v) is 9.01. The third-order valence-corrected chi connectivity index (χ3v) is 2.61. The number of halogens is 2. The van der Waals surface area contributed by atoms with Crippen LogP contribution in [0.25, 0.3) is 0 Å². The number of benzene rings is 1. The van der Waals surface area contributed by atoms with Crippen LogP contribution in [0.2, 0.25) is 0 Å². The van der Waals surface area contributed by atoms with Crippen LogP contribution in [0.1, 0.15) is 12.0 Å². The van der Waals surface area contributed by atoms with Crippen molar-refractivity contribution in [1.29, 1.82) is 0 Å². The second-order valence-corrected chi connectivity index (χ2v) is 3.77. The van der Waals surface area contributed by atoms with E-state index < -0.39 is 17.3 Å². The average Bonchev–Trinajstić information content (AvgIpc) is 2.14. The first-order chi connectivity index (χ1) is 6.57. The van der Waals surface area contributed by atoms with Crippen molar-refractivity contribution in [3.63, 3.8) is 0 Å². The van der Waals surface area contributed by atoms with Crippen molar-refractivity contribution >= 4 is 15.9 Å². The molecule has 4 N–H and O–H groups in total. The fourth-order valence-corrected chi connectivity index (χ4v) is 1.73. The summed E-state index contributed by atoms with van der Waals surface area (Å²) < 4.78 is 13.8. The van der Waals surface area contributed by atoms with Crippen molar-refractivity contribution in [3.8, 4) is 11.5 Å². The van der Waals surface area contributed by atoms with E-state index in [0.717, 1.165) is 0 Å². The first-order valence-corrected chi connectivity index (χ1v) is 4.96. The lowest BCUT2D eigenvalue weighted by atomic mass is 10.1. The molecular weight excluding hydrogens is 253 g/mol. The van der Waals surface area contributed by atoms with Crippen molar-refractivity contribution in [2.45, 2.75) is 12.8 Å². The molecule has 0 fully saturated rings. The molecule has 0 aliphatic heterocycles. The molecule has 1 aromatic rings. The zero-order valence-electron chi connectivity index (χ0n) is 7.43. The summed E-state index contributed by atoms with van der Waals surface area (Å²) in [5.41, 5.74) is 5.63. The molecule has 14 heavy (non-hydrogen) atoms. The topological polar surface area (TPSA) is 66.5 Å². The summed E-state index contributed by atoms with van der Waals surface area (Å²) in [5, 5.41) is 18.2. The second kappa shape index (κ2) is 4.61. The van der Waals surface area contributed by atoms with Gasteiger partial charge in [-0.15, -0.1) is 0 Å². The molecule has 0 saturated carbocycles. The lowest BCUT2D eigenvalue weighted by molar-refractivity contribution is 0.376. The Kier molecular flexibility index (Phi) is 3.71. The maximum Gasteiger partial charge on any atom is 0.194 e. The van der Waals surface area contributed by atoms with Gasteiger partial charge < -0.3 is 15.9 Å². The Bertz CT molecular complexity index is 344. The van der Waals surface area contributed by atoms with Crippen molar-refractivity contribution in [2.24, 2.45) is 5.73 Å². The van der Waals surface area contributed by atoms with E-state index in [-0.39, 0.29) is 0 Å². The highest BCUT2D eigenvalue weighted by Gasteiger charge is 2.15. The van der Waals surface area contributed by atoms with Gasteiger partial charge in [-0.25, -0.2) is 4.39 Å². The number of rotatable bonds is 3. The van der Waals surface area contributed by atoms with Gasteiger partial charge in [-0.05, 0) is 25.5 Å². The summed E-state index contributed by atoms with van der Waals surface area (Å²) in [6.45, 7) is 0.452.